The van der Waals surface area contributed by atoms with Crippen LogP contribution in [-0.2, 0) is 0 Å². The van der Waals surface area contributed by atoms with Gasteiger partial charge in [-0.1, -0.05) is 15.9 Å². The molecule has 0 saturated heterocycles. The van der Waals surface area contributed by atoms with Crippen LogP contribution in [-0.4, -0.2) is 35.4 Å². The Balaban J connectivity index is 2.80. The molecule has 0 heterocycles. The third-order valence-electron chi connectivity index (χ3n) is 2.03. The Hall–Kier alpha value is -1.11. The van der Waals surface area contributed by atoms with E-state index in [1.54, 1.807) is 18.2 Å². The normalized spacial score (nSPS) is 10.5. The molecule has 0 aliphatic rings. The molecule has 1 aromatic carbocycles. The summed E-state index contributed by atoms with van der Waals surface area (Å²) in [5.41, 5.74) is 6.31. The Bertz CT molecular complexity index is 380. The zero-order valence-electron chi connectivity index (χ0n) is 8.48. The lowest BCUT2D eigenvalue weighted by Crippen LogP contribution is -2.40. The van der Waals surface area contributed by atoms with E-state index in [9.17, 15) is 4.79 Å². The van der Waals surface area contributed by atoms with Crippen LogP contribution in [0.4, 0.5) is 5.69 Å². The summed E-state index contributed by atoms with van der Waals surface area (Å²) in [5, 5.41) is 20.1. The van der Waals surface area contributed by atoms with Gasteiger partial charge in [-0.15, -0.1) is 0 Å². The molecular formula is C10H13BrN2O3. The minimum absolute atomic E-state index is 0.315. The lowest BCUT2D eigenvalue weighted by Gasteiger charge is -2.14. The van der Waals surface area contributed by atoms with Crippen LogP contribution in [0.1, 0.15) is 10.4 Å². The van der Waals surface area contributed by atoms with Crippen LogP contribution in [0.5, 0.6) is 0 Å². The number of aliphatic hydroxyl groups is 2. The Morgan fingerprint density at radius 2 is 2.06 bits per heavy atom. The highest BCUT2D eigenvalue weighted by Gasteiger charge is 2.14. The van der Waals surface area contributed by atoms with Crippen LogP contribution < -0.4 is 11.1 Å². The number of nitrogens with one attached hydrogen (secondary N) is 1. The molecule has 0 atom stereocenters. The topological polar surface area (TPSA) is 95.6 Å². The number of carbonyl (C=O) groups is 1. The third-order valence-corrected chi connectivity index (χ3v) is 2.53. The average Bonchev–Trinajstić information content (AvgIpc) is 2.25. The molecule has 0 spiro atoms. The summed E-state index contributed by atoms with van der Waals surface area (Å²) >= 11 is 3.23. The van der Waals surface area contributed by atoms with Gasteiger partial charge in [-0.05, 0) is 18.2 Å². The predicted molar refractivity (Wildman–Crippen MR) is 64.0 cm³/mol. The summed E-state index contributed by atoms with van der Waals surface area (Å²) < 4.78 is 0.780. The first kappa shape index (κ1) is 13.0. The zero-order chi connectivity index (χ0) is 12.1. The van der Waals surface area contributed by atoms with E-state index < -0.39 is 11.9 Å². The molecule has 1 amide bonds. The highest BCUT2D eigenvalue weighted by atomic mass is 79.9. The zero-order valence-corrected chi connectivity index (χ0v) is 10.1. The van der Waals surface area contributed by atoms with Gasteiger partial charge in [0.25, 0.3) is 5.91 Å². The van der Waals surface area contributed by atoms with Gasteiger partial charge in [0.05, 0.1) is 24.8 Å². The van der Waals surface area contributed by atoms with E-state index in [1.807, 2.05) is 0 Å². The summed E-state index contributed by atoms with van der Waals surface area (Å²) in [4.78, 5) is 11.7. The minimum Gasteiger partial charge on any atom is -0.398 e. The number of nitrogens with two attached hydrogens (primary N) is 1. The largest absolute Gasteiger partial charge is 0.398 e. The molecule has 1 rings (SSSR count). The van der Waals surface area contributed by atoms with Crippen molar-refractivity contribution in [2.24, 2.45) is 0 Å². The molecule has 1 aromatic rings. The summed E-state index contributed by atoms with van der Waals surface area (Å²) in [5.74, 6) is -0.418. The summed E-state index contributed by atoms with van der Waals surface area (Å²) in [6, 6.07) is 4.20. The third kappa shape index (κ3) is 3.19. The Kier molecular flexibility index (Phi) is 4.72. The fraction of sp³-hybridized carbons (Fsp3) is 0.300. The molecule has 0 saturated carbocycles. The highest BCUT2D eigenvalue weighted by molar-refractivity contribution is 9.10. The van der Waals surface area contributed by atoms with Gasteiger partial charge >= 0.3 is 0 Å². The monoisotopic (exact) mass is 288 g/mol. The first-order chi connectivity index (χ1) is 7.58. The van der Waals surface area contributed by atoms with E-state index in [-0.39, 0.29) is 13.2 Å². The Morgan fingerprint density at radius 1 is 1.44 bits per heavy atom. The van der Waals surface area contributed by atoms with Crippen LogP contribution >= 0.6 is 15.9 Å². The molecule has 0 aliphatic carbocycles. The van der Waals surface area contributed by atoms with Gasteiger partial charge < -0.3 is 21.3 Å². The molecule has 5 nitrogen and oxygen atoms in total. The fourth-order valence-corrected chi connectivity index (χ4v) is 1.53. The van der Waals surface area contributed by atoms with Crippen molar-refractivity contribution in [1.29, 1.82) is 0 Å². The number of hydrogen-bond acceptors (Lipinski definition) is 4. The average molecular weight is 289 g/mol. The standard InChI is InChI=1S/C10H13BrN2O3/c11-6-1-2-8(9(12)3-6)10(16)13-7(4-14)5-15/h1-3,7,14-15H,4-5,12H2,(H,13,16). The van der Waals surface area contributed by atoms with Crippen LogP contribution in [0.2, 0.25) is 0 Å². The molecule has 0 aliphatic heterocycles. The van der Waals surface area contributed by atoms with Crippen LogP contribution in [0.15, 0.2) is 22.7 Å². The van der Waals surface area contributed by atoms with Crippen molar-refractivity contribution < 1.29 is 15.0 Å². The Labute approximate surface area is 101 Å². The lowest BCUT2D eigenvalue weighted by molar-refractivity contribution is 0.0880. The number of halogens is 1. The lowest BCUT2D eigenvalue weighted by atomic mass is 10.1. The molecule has 0 fully saturated rings. The molecule has 88 valence electrons. The molecule has 16 heavy (non-hydrogen) atoms. The van der Waals surface area contributed by atoms with E-state index in [2.05, 4.69) is 21.2 Å². The van der Waals surface area contributed by atoms with Crippen LogP contribution in [0, 0.1) is 0 Å². The van der Waals surface area contributed by atoms with Gasteiger partial charge in [0, 0.05) is 10.2 Å². The van der Waals surface area contributed by atoms with Gasteiger partial charge in [0.1, 0.15) is 0 Å². The second kappa shape index (κ2) is 5.83. The van der Waals surface area contributed by atoms with Gasteiger partial charge in [0.2, 0.25) is 0 Å². The summed E-state index contributed by atoms with van der Waals surface area (Å²) in [7, 11) is 0. The SMILES string of the molecule is Nc1cc(Br)ccc1C(=O)NC(CO)CO. The molecule has 5 N–H and O–H groups in total. The van der Waals surface area contributed by atoms with Crippen molar-refractivity contribution in [1.82, 2.24) is 5.32 Å². The number of aliphatic hydroxyl groups excluding tert-OH is 2. The van der Waals surface area contributed by atoms with Gasteiger partial charge in [-0.25, -0.2) is 0 Å². The van der Waals surface area contributed by atoms with Crippen molar-refractivity contribution in [2.75, 3.05) is 18.9 Å². The smallest absolute Gasteiger partial charge is 0.253 e. The Morgan fingerprint density at radius 3 is 2.56 bits per heavy atom. The maximum atomic E-state index is 11.7. The van der Waals surface area contributed by atoms with E-state index in [1.165, 1.54) is 0 Å². The van der Waals surface area contributed by atoms with Crippen molar-refractivity contribution in [3.05, 3.63) is 28.2 Å². The van der Waals surface area contributed by atoms with E-state index in [0.29, 0.717) is 11.3 Å². The molecule has 0 radical (unpaired) electrons. The highest BCUT2D eigenvalue weighted by Crippen LogP contribution is 2.18. The molecule has 0 unspecified atom stereocenters. The maximum absolute atomic E-state index is 11.7. The molecule has 0 bridgehead atoms. The number of amides is 1. The summed E-state index contributed by atoms with van der Waals surface area (Å²) in [6.07, 6.45) is 0. The second-order valence-corrected chi connectivity index (χ2v) is 4.18. The molecule has 0 aromatic heterocycles. The minimum atomic E-state index is -0.671. The van der Waals surface area contributed by atoms with Crippen LogP contribution in [0.25, 0.3) is 0 Å². The van der Waals surface area contributed by atoms with Crippen molar-refractivity contribution in [2.45, 2.75) is 6.04 Å². The molecule has 6 heteroatoms. The molecular weight excluding hydrogens is 276 g/mol. The number of carbonyl (C=O) groups excluding carboxylic acids is 1. The maximum Gasteiger partial charge on any atom is 0.253 e. The van der Waals surface area contributed by atoms with Gasteiger partial charge in [-0.2, -0.15) is 0 Å². The first-order valence-electron chi connectivity index (χ1n) is 4.66. The number of rotatable bonds is 4. The first-order valence-corrected chi connectivity index (χ1v) is 5.45. The van der Waals surface area contributed by atoms with E-state index in [0.717, 1.165) is 4.47 Å². The second-order valence-electron chi connectivity index (χ2n) is 3.27. The number of anilines is 1. The van der Waals surface area contributed by atoms with Gasteiger partial charge in [-0.3, -0.25) is 4.79 Å². The summed E-state index contributed by atoms with van der Waals surface area (Å²) in [6.45, 7) is -0.642. The number of nitrogen functional groups attached to an aromatic ring is 1. The van der Waals surface area contributed by atoms with Crippen molar-refractivity contribution >= 4 is 27.5 Å². The van der Waals surface area contributed by atoms with Crippen molar-refractivity contribution in [3.63, 3.8) is 0 Å². The fourth-order valence-electron chi connectivity index (χ4n) is 1.15. The van der Waals surface area contributed by atoms with Crippen molar-refractivity contribution in [3.8, 4) is 0 Å². The van der Waals surface area contributed by atoms with Crippen LogP contribution in [0.3, 0.4) is 0 Å². The predicted octanol–water partition coefficient (Wildman–Crippen LogP) is 0.114. The van der Waals surface area contributed by atoms with Gasteiger partial charge in [0.15, 0.2) is 0 Å². The number of benzene rings is 1. The number of hydrogen-bond donors (Lipinski definition) is 4. The quantitative estimate of drug-likeness (QED) is 0.592. The van der Waals surface area contributed by atoms with E-state index >= 15 is 0 Å². The van der Waals surface area contributed by atoms with E-state index in [4.69, 9.17) is 15.9 Å².